The summed E-state index contributed by atoms with van der Waals surface area (Å²) in [6.45, 7) is -2.15. The molecule has 2 saturated heterocycles. The fourth-order valence-electron chi connectivity index (χ4n) is 5.55. The number of alkyl halides is 2. The van der Waals surface area contributed by atoms with Crippen molar-refractivity contribution < 1.29 is 46.0 Å². The molecule has 3 fully saturated rings. The van der Waals surface area contributed by atoms with E-state index in [0.717, 1.165) is 35.3 Å². The molecule has 0 bridgehead atoms. The van der Waals surface area contributed by atoms with Crippen LogP contribution in [0, 0.1) is 5.92 Å². The van der Waals surface area contributed by atoms with E-state index in [-0.39, 0.29) is 45.3 Å². The number of anilines is 1. The molecule has 16 heteroatoms. The number of amides is 1. The number of H-pyrrole nitrogens is 1. The molecule has 1 aliphatic carbocycles. The molecule has 0 radical (unpaired) electrons. The Morgan fingerprint density at radius 2 is 1.77 bits per heavy atom. The summed E-state index contributed by atoms with van der Waals surface area (Å²) in [6, 6.07) is 10.3. The van der Waals surface area contributed by atoms with Crippen molar-refractivity contribution in [2.45, 2.75) is 55.1 Å². The minimum absolute atomic E-state index is 0.0178. The number of carbonyl (C=O) groups excluding carboxylic acids is 2. The van der Waals surface area contributed by atoms with Gasteiger partial charge in [0.1, 0.15) is 16.1 Å². The van der Waals surface area contributed by atoms with Gasteiger partial charge in [-0.25, -0.2) is 18.2 Å². The van der Waals surface area contributed by atoms with Gasteiger partial charge >= 0.3 is 12.6 Å². The van der Waals surface area contributed by atoms with Crippen LogP contribution in [0.2, 0.25) is 10.0 Å². The molecule has 3 aromatic rings. The maximum absolute atomic E-state index is 13.8. The van der Waals surface area contributed by atoms with Crippen LogP contribution in [0.25, 0.3) is 0 Å². The zero-order chi connectivity index (χ0) is 34.0. The van der Waals surface area contributed by atoms with Crippen LogP contribution in [0.5, 0.6) is 11.5 Å². The number of sulfonamides is 1. The number of aromatic nitrogens is 1. The van der Waals surface area contributed by atoms with Crippen molar-refractivity contribution in [1.82, 2.24) is 4.31 Å². The normalized spacial score (nSPS) is 19.1. The second-order valence-corrected chi connectivity index (χ2v) is 15.5. The highest BCUT2D eigenvalue weighted by atomic mass is 35.5. The lowest BCUT2D eigenvalue weighted by molar-refractivity contribution is -0.377. The molecular formula is C32H32Cl2F2N3O7S2+. The number of thioether (sulfide) groups is 1. The minimum Gasteiger partial charge on any atom is -0.489 e. The van der Waals surface area contributed by atoms with Gasteiger partial charge in [0.15, 0.2) is 29.3 Å². The number of benzene rings is 2. The first kappa shape index (κ1) is 34.7. The average Bonchev–Trinajstić information content (AvgIpc) is 3.55. The third-order valence-electron chi connectivity index (χ3n) is 8.25. The number of carbonyl (C=O) groups is 2. The van der Waals surface area contributed by atoms with E-state index < -0.39 is 34.1 Å². The summed E-state index contributed by atoms with van der Waals surface area (Å²) in [4.78, 5) is 30.4. The highest BCUT2D eigenvalue weighted by Crippen LogP contribution is 2.39. The summed E-state index contributed by atoms with van der Waals surface area (Å²) in [7, 11) is -4.14. The molecule has 2 atom stereocenters. The second-order valence-electron chi connectivity index (χ2n) is 11.6. The molecule has 6 rings (SSSR count). The van der Waals surface area contributed by atoms with Crippen molar-refractivity contribution in [2.75, 3.05) is 30.3 Å². The molecular weight excluding hydrogens is 711 g/mol. The van der Waals surface area contributed by atoms with Crippen LogP contribution in [0.3, 0.4) is 0 Å². The largest absolute Gasteiger partial charge is 0.489 e. The molecule has 2 aromatic carbocycles. The molecule has 256 valence electrons. The van der Waals surface area contributed by atoms with Crippen LogP contribution in [0.15, 0.2) is 59.8 Å². The van der Waals surface area contributed by atoms with Crippen LogP contribution in [-0.2, 0) is 30.8 Å². The smallest absolute Gasteiger partial charge is 0.387 e. The number of rotatable bonds is 13. The third kappa shape index (κ3) is 7.83. The maximum Gasteiger partial charge on any atom is 0.387 e. The zero-order valence-corrected chi connectivity index (χ0v) is 28.6. The maximum atomic E-state index is 13.8. The first-order valence-electron chi connectivity index (χ1n) is 15.3. The van der Waals surface area contributed by atoms with Crippen molar-refractivity contribution in [3.63, 3.8) is 0 Å². The van der Waals surface area contributed by atoms with Gasteiger partial charge in [0.2, 0.25) is 15.9 Å². The zero-order valence-electron chi connectivity index (χ0n) is 25.5. The lowest BCUT2D eigenvalue weighted by Gasteiger charge is -2.26. The van der Waals surface area contributed by atoms with Gasteiger partial charge in [-0.05, 0) is 67.1 Å². The topological polar surface area (TPSA) is 117 Å². The number of ether oxygens (including phenoxy) is 3. The highest BCUT2D eigenvalue weighted by molar-refractivity contribution is 8.02. The Kier molecular flexibility index (Phi) is 10.7. The van der Waals surface area contributed by atoms with Crippen LogP contribution in [-0.4, -0.2) is 62.0 Å². The van der Waals surface area contributed by atoms with E-state index in [1.54, 1.807) is 17.0 Å². The Labute approximate surface area is 290 Å². The quantitative estimate of drug-likeness (QED) is 0.199. The van der Waals surface area contributed by atoms with Crippen molar-refractivity contribution in [3.05, 3.63) is 76.0 Å². The van der Waals surface area contributed by atoms with Gasteiger partial charge in [-0.3, -0.25) is 4.79 Å². The van der Waals surface area contributed by atoms with Gasteiger partial charge in [-0.2, -0.15) is 13.1 Å². The van der Waals surface area contributed by atoms with Gasteiger partial charge in [0, 0.05) is 42.9 Å². The van der Waals surface area contributed by atoms with Crippen LogP contribution in [0.4, 0.5) is 14.5 Å². The van der Waals surface area contributed by atoms with Gasteiger partial charge < -0.3 is 19.1 Å². The third-order valence-corrected chi connectivity index (χ3v) is 12.1. The van der Waals surface area contributed by atoms with Crippen LogP contribution in [0.1, 0.15) is 42.9 Å². The van der Waals surface area contributed by atoms with Crippen molar-refractivity contribution in [2.24, 2.45) is 5.92 Å². The van der Waals surface area contributed by atoms with E-state index in [1.165, 1.54) is 42.7 Å². The van der Waals surface area contributed by atoms with E-state index in [0.29, 0.717) is 48.1 Å². The first-order valence-corrected chi connectivity index (χ1v) is 18.6. The Morgan fingerprint density at radius 3 is 2.42 bits per heavy atom. The van der Waals surface area contributed by atoms with E-state index in [2.05, 4.69) is 9.72 Å². The van der Waals surface area contributed by atoms with Crippen LogP contribution < -0.4 is 19.4 Å². The Balaban J connectivity index is 1.27. The molecule has 3 aliphatic rings. The minimum atomic E-state index is -4.14. The fourth-order valence-corrected chi connectivity index (χ4v) is 9.13. The summed E-state index contributed by atoms with van der Waals surface area (Å²) in [5.41, 5.74) is 1.43. The number of aromatic amines is 1. The Bertz CT molecular complexity index is 1760. The number of nitrogens with zero attached hydrogens (tertiary/aromatic N) is 2. The standard InChI is InChI=1S/C32H31Cl2F2N3O7S2/c33-24-16-37-17-25(34)23(24)15-27(20-5-10-26(46-32(35)36)28(14-20)44-18-19-3-4-19)45-31(41)30-39(12-13-47-30)48(42,43)22-8-6-21(7-9-22)38-11-1-2-29(38)40/h5-10,14,16-17,19,27,30,32H,1-4,11-13,15,18H2/p+1/t27-,30-/m0/s1. The van der Waals surface area contributed by atoms with E-state index in [4.69, 9.17) is 32.7 Å². The van der Waals surface area contributed by atoms with E-state index in [1.807, 2.05) is 0 Å². The Hall–Kier alpha value is -3.17. The number of esters is 1. The van der Waals surface area contributed by atoms with Gasteiger partial charge in [0.05, 0.1) is 11.5 Å². The summed E-state index contributed by atoms with van der Waals surface area (Å²) < 4.78 is 71.6. The second kappa shape index (κ2) is 14.8. The monoisotopic (exact) mass is 742 g/mol. The summed E-state index contributed by atoms with van der Waals surface area (Å²) in [6.07, 6.45) is 5.05. The Morgan fingerprint density at radius 1 is 1.04 bits per heavy atom. The molecule has 0 spiro atoms. The number of hydrogen-bond donors (Lipinski definition) is 0. The van der Waals surface area contributed by atoms with E-state index >= 15 is 0 Å². The van der Waals surface area contributed by atoms with Crippen molar-refractivity contribution in [1.29, 1.82) is 0 Å². The predicted octanol–water partition coefficient (Wildman–Crippen LogP) is 5.92. The number of pyridine rings is 1. The number of hydrogen-bond acceptors (Lipinski definition) is 8. The number of nitrogens with one attached hydrogen (secondary N) is 1. The lowest BCUT2D eigenvalue weighted by Crippen LogP contribution is -2.40. The predicted molar refractivity (Wildman–Crippen MR) is 175 cm³/mol. The SMILES string of the molecule is O=C(O[C@@H](Cc1c(Cl)c[nH+]cc1Cl)c1ccc(OC(F)F)c(OCC2CC2)c1)[C@@H]1SCCN1S(=O)(=O)c1ccc(N2CCCC2=O)cc1. The molecule has 1 saturated carbocycles. The van der Waals surface area contributed by atoms with Crippen molar-refractivity contribution in [3.8, 4) is 11.5 Å². The fraction of sp³-hybridized carbons (Fsp3) is 0.406. The molecule has 1 aromatic heterocycles. The van der Waals surface area contributed by atoms with Crippen LogP contribution >= 0.6 is 35.0 Å². The molecule has 1 amide bonds. The van der Waals surface area contributed by atoms with E-state index in [9.17, 15) is 26.8 Å². The van der Waals surface area contributed by atoms with Gasteiger partial charge in [-0.15, -0.1) is 11.8 Å². The number of halogens is 4. The molecule has 2 aliphatic heterocycles. The highest BCUT2D eigenvalue weighted by Gasteiger charge is 2.42. The molecule has 3 heterocycles. The lowest BCUT2D eigenvalue weighted by atomic mass is 10.0. The van der Waals surface area contributed by atoms with Gasteiger partial charge in [0.25, 0.3) is 0 Å². The molecule has 0 unspecified atom stereocenters. The molecule has 10 nitrogen and oxygen atoms in total. The average molecular weight is 744 g/mol. The summed E-state index contributed by atoms with van der Waals surface area (Å²) in [5, 5.41) is -0.672. The summed E-state index contributed by atoms with van der Waals surface area (Å²) >= 11 is 14.0. The van der Waals surface area contributed by atoms with Gasteiger partial charge in [-0.1, -0.05) is 29.3 Å². The molecule has 1 N–H and O–H groups in total. The van der Waals surface area contributed by atoms with Crippen molar-refractivity contribution >= 4 is 62.6 Å². The molecule has 48 heavy (non-hydrogen) atoms. The first-order chi connectivity index (χ1) is 23.0. The summed E-state index contributed by atoms with van der Waals surface area (Å²) in [5.74, 6) is -0.312.